The summed E-state index contributed by atoms with van der Waals surface area (Å²) in [7, 11) is 0. The van der Waals surface area contributed by atoms with E-state index >= 15 is 0 Å². The lowest BCUT2D eigenvalue weighted by atomic mass is 10.1. The van der Waals surface area contributed by atoms with Crippen molar-refractivity contribution >= 4 is 27.9 Å². The number of nitriles is 1. The van der Waals surface area contributed by atoms with Crippen molar-refractivity contribution in [2.45, 2.75) is 33.4 Å². The molecule has 0 heterocycles. The molecule has 5 nitrogen and oxygen atoms in total. The molecule has 0 unspecified atom stereocenters. The Morgan fingerprint density at radius 3 is 2.50 bits per heavy atom. The summed E-state index contributed by atoms with van der Waals surface area (Å²) in [5.41, 5.74) is 1.72. The van der Waals surface area contributed by atoms with Gasteiger partial charge in [-0.3, -0.25) is 4.79 Å². The molecule has 0 aliphatic carbocycles. The van der Waals surface area contributed by atoms with E-state index in [0.29, 0.717) is 34.7 Å². The number of benzene rings is 2. The van der Waals surface area contributed by atoms with Crippen molar-refractivity contribution in [3.05, 3.63) is 63.6 Å². The molecule has 0 radical (unpaired) electrons. The Kier molecular flexibility index (Phi) is 8.09. The number of ether oxygens (including phenoxy) is 2. The lowest BCUT2D eigenvalue weighted by Gasteiger charge is -2.14. The van der Waals surface area contributed by atoms with Crippen molar-refractivity contribution in [1.29, 1.82) is 5.26 Å². The highest BCUT2D eigenvalue weighted by Crippen LogP contribution is 2.35. The second-order valence-corrected chi connectivity index (χ2v) is 7.18. The zero-order valence-corrected chi connectivity index (χ0v) is 17.7. The van der Waals surface area contributed by atoms with Gasteiger partial charge >= 0.3 is 0 Å². The number of carbonyl (C=O) groups excluding carboxylic acids is 1. The number of nitrogens with zero attached hydrogens (tertiary/aromatic N) is 1. The minimum atomic E-state index is -0.410. The molecule has 28 heavy (non-hydrogen) atoms. The van der Waals surface area contributed by atoms with E-state index in [1.54, 1.807) is 12.1 Å². The molecule has 0 aliphatic rings. The summed E-state index contributed by atoms with van der Waals surface area (Å²) >= 11 is 3.50. The summed E-state index contributed by atoms with van der Waals surface area (Å²) in [6.07, 6.45) is 1.53. The molecule has 1 amide bonds. The van der Waals surface area contributed by atoms with E-state index in [1.165, 1.54) is 6.08 Å². The lowest BCUT2D eigenvalue weighted by Crippen LogP contribution is -2.30. The van der Waals surface area contributed by atoms with Gasteiger partial charge in [-0.25, -0.2) is 0 Å². The molecule has 0 saturated carbocycles. The van der Waals surface area contributed by atoms with Gasteiger partial charge in [0, 0.05) is 10.5 Å². The number of hydrogen-bond donors (Lipinski definition) is 1. The molecule has 1 N–H and O–H groups in total. The number of rotatable bonds is 8. The van der Waals surface area contributed by atoms with Crippen molar-refractivity contribution < 1.29 is 14.3 Å². The third-order valence-corrected chi connectivity index (χ3v) is 4.37. The topological polar surface area (TPSA) is 71.3 Å². The van der Waals surface area contributed by atoms with Gasteiger partial charge in [0.2, 0.25) is 0 Å². The third-order valence-electron chi connectivity index (χ3n) is 3.68. The van der Waals surface area contributed by atoms with Gasteiger partial charge < -0.3 is 14.8 Å². The molecule has 2 aromatic rings. The van der Waals surface area contributed by atoms with E-state index in [1.807, 2.05) is 57.2 Å². The summed E-state index contributed by atoms with van der Waals surface area (Å²) in [4.78, 5) is 12.2. The number of nitrogens with one attached hydrogen (secondary N) is 1. The average Bonchev–Trinajstić information content (AvgIpc) is 2.67. The maximum Gasteiger partial charge on any atom is 0.262 e. The zero-order chi connectivity index (χ0) is 20.5. The first-order valence-electron chi connectivity index (χ1n) is 9.00. The van der Waals surface area contributed by atoms with E-state index in [-0.39, 0.29) is 11.6 Å². The van der Waals surface area contributed by atoms with Crippen LogP contribution in [-0.4, -0.2) is 18.6 Å². The Hall–Kier alpha value is -2.78. The zero-order valence-electron chi connectivity index (χ0n) is 16.2. The molecule has 0 aromatic heterocycles. The quantitative estimate of drug-likeness (QED) is 0.467. The molecule has 2 rings (SSSR count). The third kappa shape index (κ3) is 6.14. The van der Waals surface area contributed by atoms with Crippen molar-refractivity contribution in [2.75, 3.05) is 6.61 Å². The van der Waals surface area contributed by atoms with Gasteiger partial charge in [-0.15, -0.1) is 0 Å². The Labute approximate surface area is 174 Å². The van der Waals surface area contributed by atoms with Crippen molar-refractivity contribution in [2.24, 2.45) is 0 Å². The first kappa shape index (κ1) is 21.5. The highest BCUT2D eigenvalue weighted by molar-refractivity contribution is 9.10. The summed E-state index contributed by atoms with van der Waals surface area (Å²) in [5, 5.41) is 12.1. The van der Waals surface area contributed by atoms with Gasteiger partial charge in [0.15, 0.2) is 11.5 Å². The van der Waals surface area contributed by atoms with E-state index in [2.05, 4.69) is 21.2 Å². The van der Waals surface area contributed by atoms with Gasteiger partial charge in [-0.1, -0.05) is 46.3 Å². The molecule has 0 aliphatic heterocycles. The molecule has 0 fully saturated rings. The van der Waals surface area contributed by atoms with Crippen molar-refractivity contribution in [1.82, 2.24) is 5.32 Å². The van der Waals surface area contributed by atoms with Gasteiger partial charge in [-0.05, 0) is 50.1 Å². The fourth-order valence-corrected chi connectivity index (χ4v) is 2.86. The fourth-order valence-electron chi connectivity index (χ4n) is 2.42. The van der Waals surface area contributed by atoms with E-state index in [4.69, 9.17) is 9.47 Å². The number of halogens is 1. The normalized spacial score (nSPS) is 11.1. The van der Waals surface area contributed by atoms with Crippen LogP contribution in [0.5, 0.6) is 11.5 Å². The predicted octanol–water partition coefficient (Wildman–Crippen LogP) is 4.86. The Morgan fingerprint density at radius 2 is 1.89 bits per heavy atom. The monoisotopic (exact) mass is 442 g/mol. The van der Waals surface area contributed by atoms with Gasteiger partial charge in [0.05, 0.1) is 6.61 Å². The molecule has 6 heteroatoms. The van der Waals surface area contributed by atoms with E-state index in [0.717, 1.165) is 5.56 Å². The number of carbonyl (C=O) groups is 1. The Bertz CT molecular complexity index is 887. The fraction of sp³-hybridized carbons (Fsp3) is 0.273. The molecule has 0 saturated heterocycles. The van der Waals surface area contributed by atoms with Crippen LogP contribution < -0.4 is 14.8 Å². The second-order valence-electron chi connectivity index (χ2n) is 6.33. The summed E-state index contributed by atoms with van der Waals surface area (Å²) in [6.45, 7) is 6.44. The highest BCUT2D eigenvalue weighted by atomic mass is 79.9. The molecule has 2 aromatic carbocycles. The van der Waals surface area contributed by atoms with Gasteiger partial charge in [-0.2, -0.15) is 5.26 Å². The van der Waals surface area contributed by atoms with Gasteiger partial charge in [0.1, 0.15) is 18.2 Å². The lowest BCUT2D eigenvalue weighted by molar-refractivity contribution is -0.117. The van der Waals surface area contributed by atoms with Crippen LogP contribution in [0, 0.1) is 11.3 Å². The standard InChI is InChI=1S/C22H23BrN2O3/c1-4-27-20-11-17(10-18(13-24)22(26)25-15(2)3)19(23)12-21(20)28-14-16-8-6-5-7-9-16/h5-12,15H,4,14H2,1-3H3,(H,25,26)/b18-10-. The van der Waals surface area contributed by atoms with Crippen LogP contribution in [0.3, 0.4) is 0 Å². The maximum absolute atomic E-state index is 12.2. The summed E-state index contributed by atoms with van der Waals surface area (Å²) in [6, 6.07) is 15.3. The molecular formula is C22H23BrN2O3. The van der Waals surface area contributed by atoms with Crippen LogP contribution in [0.25, 0.3) is 6.08 Å². The van der Waals surface area contributed by atoms with Crippen LogP contribution in [0.4, 0.5) is 0 Å². The van der Waals surface area contributed by atoms with Crippen molar-refractivity contribution in [3.63, 3.8) is 0 Å². The van der Waals surface area contributed by atoms with Crippen LogP contribution in [-0.2, 0) is 11.4 Å². The SMILES string of the molecule is CCOc1cc(/C=C(/C#N)C(=O)NC(C)C)c(Br)cc1OCc1ccccc1. The number of amides is 1. The molecule has 0 bridgehead atoms. The predicted molar refractivity (Wildman–Crippen MR) is 113 cm³/mol. The first-order valence-corrected chi connectivity index (χ1v) is 9.79. The molecule has 146 valence electrons. The molecule has 0 atom stereocenters. The highest BCUT2D eigenvalue weighted by Gasteiger charge is 2.14. The summed E-state index contributed by atoms with van der Waals surface area (Å²) in [5.74, 6) is 0.723. The minimum absolute atomic E-state index is 0.0230. The number of hydrogen-bond acceptors (Lipinski definition) is 4. The Balaban J connectivity index is 2.31. The van der Waals surface area contributed by atoms with Crippen LogP contribution in [0.15, 0.2) is 52.5 Å². The second kappa shape index (κ2) is 10.5. The van der Waals surface area contributed by atoms with Crippen LogP contribution >= 0.6 is 15.9 Å². The maximum atomic E-state index is 12.2. The van der Waals surface area contributed by atoms with Crippen LogP contribution in [0.2, 0.25) is 0 Å². The smallest absolute Gasteiger partial charge is 0.262 e. The van der Waals surface area contributed by atoms with Crippen LogP contribution in [0.1, 0.15) is 31.9 Å². The molecular weight excluding hydrogens is 420 g/mol. The Morgan fingerprint density at radius 1 is 1.21 bits per heavy atom. The van der Waals surface area contributed by atoms with E-state index < -0.39 is 5.91 Å². The largest absolute Gasteiger partial charge is 0.490 e. The summed E-state index contributed by atoms with van der Waals surface area (Å²) < 4.78 is 12.3. The minimum Gasteiger partial charge on any atom is -0.490 e. The first-order chi connectivity index (χ1) is 13.4. The average molecular weight is 443 g/mol. The van der Waals surface area contributed by atoms with Gasteiger partial charge in [0.25, 0.3) is 5.91 Å². The van der Waals surface area contributed by atoms with E-state index in [9.17, 15) is 10.1 Å². The molecule has 0 spiro atoms. The van der Waals surface area contributed by atoms with Crippen molar-refractivity contribution in [3.8, 4) is 17.6 Å².